The summed E-state index contributed by atoms with van der Waals surface area (Å²) in [4.78, 5) is 12.0. The third-order valence-electron chi connectivity index (χ3n) is 2.78. The molecule has 0 aliphatic heterocycles. The van der Waals surface area contributed by atoms with Gasteiger partial charge in [0.1, 0.15) is 11.8 Å². The number of para-hydroxylation sites is 1. The molecule has 1 atom stereocenters. The van der Waals surface area contributed by atoms with Gasteiger partial charge < -0.3 is 10.1 Å². The van der Waals surface area contributed by atoms with Crippen molar-refractivity contribution in [3.63, 3.8) is 0 Å². The van der Waals surface area contributed by atoms with Crippen LogP contribution >= 0.6 is 11.6 Å². The normalized spacial score (nSPS) is 11.3. The maximum Gasteiger partial charge on any atom is 0.265 e. The summed E-state index contributed by atoms with van der Waals surface area (Å²) in [7, 11) is 0. The third kappa shape index (κ3) is 3.98. The zero-order chi connectivity index (χ0) is 15.2. The van der Waals surface area contributed by atoms with Crippen LogP contribution in [-0.2, 0) is 4.79 Å². The zero-order valence-electron chi connectivity index (χ0n) is 11.3. The average Bonchev–Trinajstić information content (AvgIpc) is 2.48. The van der Waals surface area contributed by atoms with Gasteiger partial charge in [-0.2, -0.15) is 5.26 Å². The van der Waals surface area contributed by atoms with Crippen molar-refractivity contribution < 1.29 is 9.53 Å². The maximum atomic E-state index is 12.0. The summed E-state index contributed by atoms with van der Waals surface area (Å²) in [5, 5.41) is 11.8. The van der Waals surface area contributed by atoms with Crippen molar-refractivity contribution in [1.82, 2.24) is 0 Å². The molecule has 0 spiro atoms. The van der Waals surface area contributed by atoms with E-state index in [-0.39, 0.29) is 5.91 Å². The van der Waals surface area contributed by atoms with Gasteiger partial charge in [0.05, 0.1) is 10.6 Å². The Labute approximate surface area is 127 Å². The molecule has 21 heavy (non-hydrogen) atoms. The molecule has 0 saturated heterocycles. The van der Waals surface area contributed by atoms with E-state index in [2.05, 4.69) is 5.32 Å². The summed E-state index contributed by atoms with van der Waals surface area (Å²) in [5.41, 5.74) is 0.885. The number of carbonyl (C=O) groups is 1. The highest BCUT2D eigenvalue weighted by Crippen LogP contribution is 2.20. The lowest BCUT2D eigenvalue weighted by Gasteiger charge is -2.14. The standard InChI is InChI=1S/C16H13ClN2O2/c1-11(21-14-5-3-2-4-6-14)16(20)19-13-8-7-12(10-18)15(17)9-13/h2-9,11H,1H3,(H,19,20). The molecule has 0 saturated carbocycles. The van der Waals surface area contributed by atoms with Crippen molar-refractivity contribution in [2.45, 2.75) is 13.0 Å². The molecule has 0 bridgehead atoms. The second kappa shape index (κ2) is 6.78. The van der Waals surface area contributed by atoms with Gasteiger partial charge in [-0.05, 0) is 37.3 Å². The topological polar surface area (TPSA) is 62.1 Å². The van der Waals surface area contributed by atoms with Crippen LogP contribution in [0.5, 0.6) is 5.75 Å². The van der Waals surface area contributed by atoms with Crippen LogP contribution in [0.2, 0.25) is 5.02 Å². The lowest BCUT2D eigenvalue weighted by Crippen LogP contribution is -2.30. The number of ether oxygens (including phenoxy) is 1. The first-order valence-electron chi connectivity index (χ1n) is 6.32. The predicted molar refractivity (Wildman–Crippen MR) is 81.3 cm³/mol. The van der Waals surface area contributed by atoms with E-state index in [1.54, 1.807) is 31.2 Å². The van der Waals surface area contributed by atoms with E-state index in [0.29, 0.717) is 22.0 Å². The van der Waals surface area contributed by atoms with Crippen LogP contribution in [0.4, 0.5) is 5.69 Å². The minimum atomic E-state index is -0.651. The number of nitrogens with one attached hydrogen (secondary N) is 1. The van der Waals surface area contributed by atoms with Gasteiger partial charge in [-0.1, -0.05) is 29.8 Å². The van der Waals surface area contributed by atoms with E-state index >= 15 is 0 Å². The van der Waals surface area contributed by atoms with Crippen LogP contribution < -0.4 is 10.1 Å². The van der Waals surface area contributed by atoms with Crippen LogP contribution in [-0.4, -0.2) is 12.0 Å². The lowest BCUT2D eigenvalue weighted by molar-refractivity contribution is -0.122. The van der Waals surface area contributed by atoms with Crippen molar-refractivity contribution in [1.29, 1.82) is 5.26 Å². The first-order valence-corrected chi connectivity index (χ1v) is 6.70. The SMILES string of the molecule is CC(Oc1ccccc1)C(=O)Nc1ccc(C#N)c(Cl)c1. The molecule has 2 rings (SSSR count). The smallest absolute Gasteiger partial charge is 0.265 e. The minimum absolute atomic E-state index is 0.292. The number of hydrogen-bond donors (Lipinski definition) is 1. The predicted octanol–water partition coefficient (Wildman–Crippen LogP) is 3.62. The van der Waals surface area contributed by atoms with E-state index in [1.807, 2.05) is 24.3 Å². The van der Waals surface area contributed by atoms with E-state index in [1.165, 1.54) is 6.07 Å². The fraction of sp³-hybridized carbons (Fsp3) is 0.125. The minimum Gasteiger partial charge on any atom is -0.481 e. The van der Waals surface area contributed by atoms with Gasteiger partial charge in [-0.3, -0.25) is 4.79 Å². The Balaban J connectivity index is 2.01. The highest BCUT2D eigenvalue weighted by Gasteiger charge is 2.15. The molecular weight excluding hydrogens is 288 g/mol. The molecule has 2 aromatic rings. The molecule has 1 unspecified atom stereocenters. The Morgan fingerprint density at radius 1 is 1.29 bits per heavy atom. The van der Waals surface area contributed by atoms with Gasteiger partial charge in [-0.15, -0.1) is 0 Å². The van der Waals surface area contributed by atoms with Crippen molar-refractivity contribution in [2.24, 2.45) is 0 Å². The van der Waals surface area contributed by atoms with Crippen LogP contribution in [0.25, 0.3) is 0 Å². The summed E-state index contributed by atoms with van der Waals surface area (Å²) in [6, 6.07) is 15.8. The largest absolute Gasteiger partial charge is 0.481 e. The summed E-state index contributed by atoms with van der Waals surface area (Å²) < 4.78 is 5.53. The Hall–Kier alpha value is -2.51. The number of benzene rings is 2. The molecule has 4 nitrogen and oxygen atoms in total. The number of anilines is 1. The summed E-state index contributed by atoms with van der Waals surface area (Å²) >= 11 is 5.92. The summed E-state index contributed by atoms with van der Waals surface area (Å²) in [6.45, 7) is 1.66. The number of carbonyl (C=O) groups excluding carboxylic acids is 1. The second-order valence-electron chi connectivity index (χ2n) is 4.37. The van der Waals surface area contributed by atoms with Crippen molar-refractivity contribution in [3.8, 4) is 11.8 Å². The molecule has 2 aromatic carbocycles. The first-order chi connectivity index (χ1) is 10.1. The van der Waals surface area contributed by atoms with Crippen LogP contribution in [0.15, 0.2) is 48.5 Å². The molecule has 1 amide bonds. The Morgan fingerprint density at radius 3 is 2.62 bits per heavy atom. The molecule has 0 aromatic heterocycles. The monoisotopic (exact) mass is 300 g/mol. The Kier molecular flexibility index (Phi) is 4.81. The Bertz CT molecular complexity index is 680. The molecule has 1 N–H and O–H groups in total. The highest BCUT2D eigenvalue weighted by atomic mass is 35.5. The molecule has 0 aliphatic carbocycles. The Morgan fingerprint density at radius 2 is 2.00 bits per heavy atom. The maximum absolute atomic E-state index is 12.0. The second-order valence-corrected chi connectivity index (χ2v) is 4.78. The van der Waals surface area contributed by atoms with Gasteiger partial charge in [0.25, 0.3) is 5.91 Å². The van der Waals surface area contributed by atoms with Crippen molar-refractivity contribution in [3.05, 3.63) is 59.1 Å². The van der Waals surface area contributed by atoms with Gasteiger partial charge in [0.15, 0.2) is 6.10 Å². The van der Waals surface area contributed by atoms with Gasteiger partial charge >= 0.3 is 0 Å². The van der Waals surface area contributed by atoms with Crippen molar-refractivity contribution in [2.75, 3.05) is 5.32 Å². The van der Waals surface area contributed by atoms with Gasteiger partial charge in [-0.25, -0.2) is 0 Å². The fourth-order valence-electron chi connectivity index (χ4n) is 1.68. The number of nitrogens with zero attached hydrogens (tertiary/aromatic N) is 1. The van der Waals surface area contributed by atoms with Crippen LogP contribution in [0.3, 0.4) is 0 Å². The van der Waals surface area contributed by atoms with E-state index < -0.39 is 6.10 Å². The fourth-order valence-corrected chi connectivity index (χ4v) is 1.91. The van der Waals surface area contributed by atoms with Gasteiger partial charge in [0.2, 0.25) is 0 Å². The van der Waals surface area contributed by atoms with Crippen LogP contribution in [0, 0.1) is 11.3 Å². The van der Waals surface area contributed by atoms with Crippen LogP contribution in [0.1, 0.15) is 12.5 Å². The number of amides is 1. The quantitative estimate of drug-likeness (QED) is 0.938. The zero-order valence-corrected chi connectivity index (χ0v) is 12.1. The molecule has 106 valence electrons. The summed E-state index contributed by atoms with van der Waals surface area (Å²) in [6.07, 6.45) is -0.651. The molecule has 0 radical (unpaired) electrons. The molecule has 0 fully saturated rings. The molecule has 0 heterocycles. The summed E-state index contributed by atoms with van der Waals surface area (Å²) in [5.74, 6) is 0.331. The third-order valence-corrected chi connectivity index (χ3v) is 3.10. The van der Waals surface area contributed by atoms with Gasteiger partial charge in [0, 0.05) is 5.69 Å². The number of nitriles is 1. The lowest BCUT2D eigenvalue weighted by atomic mass is 10.2. The first kappa shape index (κ1) is 14.9. The van der Waals surface area contributed by atoms with E-state index in [4.69, 9.17) is 21.6 Å². The van der Waals surface area contributed by atoms with Crippen molar-refractivity contribution >= 4 is 23.2 Å². The van der Waals surface area contributed by atoms with E-state index in [9.17, 15) is 4.79 Å². The molecule has 5 heteroatoms. The number of halogens is 1. The molecule has 0 aliphatic rings. The molecular formula is C16H13ClN2O2. The highest BCUT2D eigenvalue weighted by molar-refractivity contribution is 6.32. The van der Waals surface area contributed by atoms with E-state index in [0.717, 1.165) is 0 Å². The number of hydrogen-bond acceptors (Lipinski definition) is 3. The number of rotatable bonds is 4. The average molecular weight is 301 g/mol.